The fraction of sp³-hybridized carbons (Fsp3) is 0.667. The van der Waals surface area contributed by atoms with E-state index in [2.05, 4.69) is 10.4 Å². The van der Waals surface area contributed by atoms with Crippen LogP contribution in [0.15, 0.2) is 12.3 Å². The molecule has 0 bridgehead atoms. The van der Waals surface area contributed by atoms with Crippen molar-refractivity contribution >= 4 is 5.91 Å². The van der Waals surface area contributed by atoms with Crippen molar-refractivity contribution in [2.75, 3.05) is 6.54 Å². The first kappa shape index (κ1) is 15.5. The van der Waals surface area contributed by atoms with E-state index in [0.29, 0.717) is 12.5 Å². The van der Waals surface area contributed by atoms with Crippen molar-refractivity contribution in [3.05, 3.63) is 18.0 Å². The van der Waals surface area contributed by atoms with Crippen molar-refractivity contribution < 1.29 is 18.0 Å². The van der Waals surface area contributed by atoms with Crippen molar-refractivity contribution in [1.29, 1.82) is 0 Å². The van der Waals surface area contributed by atoms with Crippen LogP contribution in [0.1, 0.15) is 32.4 Å². The van der Waals surface area contributed by atoms with Gasteiger partial charge in [0, 0.05) is 12.7 Å². The molecule has 0 atom stereocenters. The molecule has 0 saturated heterocycles. The average Bonchev–Trinajstić information content (AvgIpc) is 2.78. The molecule has 0 aliphatic heterocycles. The molecule has 0 aliphatic carbocycles. The molecule has 0 radical (unpaired) electrons. The summed E-state index contributed by atoms with van der Waals surface area (Å²) in [7, 11) is 0. The molecule has 0 saturated carbocycles. The number of alkyl halides is 3. The third-order valence-electron chi connectivity index (χ3n) is 2.98. The van der Waals surface area contributed by atoms with Crippen molar-refractivity contribution in [2.24, 2.45) is 5.92 Å². The Labute approximate surface area is 110 Å². The second-order valence-electron chi connectivity index (χ2n) is 4.38. The third-order valence-corrected chi connectivity index (χ3v) is 2.98. The predicted molar refractivity (Wildman–Crippen MR) is 64.3 cm³/mol. The summed E-state index contributed by atoms with van der Waals surface area (Å²) in [6.45, 7) is 4.41. The van der Waals surface area contributed by atoms with Gasteiger partial charge < -0.3 is 5.32 Å². The van der Waals surface area contributed by atoms with Crippen LogP contribution in [0.5, 0.6) is 0 Å². The first-order valence-corrected chi connectivity index (χ1v) is 6.24. The molecule has 19 heavy (non-hydrogen) atoms. The second-order valence-corrected chi connectivity index (χ2v) is 4.38. The summed E-state index contributed by atoms with van der Waals surface area (Å²) in [4.78, 5) is 11.6. The summed E-state index contributed by atoms with van der Waals surface area (Å²) in [5, 5.41) is 6.02. The minimum Gasteiger partial charge on any atom is -0.354 e. The lowest BCUT2D eigenvalue weighted by atomic mass is 10.0. The first-order valence-electron chi connectivity index (χ1n) is 6.24. The zero-order valence-corrected chi connectivity index (χ0v) is 11.0. The number of hydrogen-bond donors (Lipinski definition) is 1. The molecule has 0 fully saturated rings. The molecule has 0 spiro atoms. The normalized spacial score (nSPS) is 11.9. The summed E-state index contributed by atoms with van der Waals surface area (Å²) in [5.74, 6) is 0.0658. The summed E-state index contributed by atoms with van der Waals surface area (Å²) >= 11 is 0. The minimum atomic E-state index is -4.47. The van der Waals surface area contributed by atoms with E-state index in [9.17, 15) is 18.0 Å². The Kier molecular flexibility index (Phi) is 5.38. The maximum Gasteiger partial charge on any atom is 0.435 e. The van der Waals surface area contributed by atoms with Gasteiger partial charge in [0.15, 0.2) is 5.69 Å². The Morgan fingerprint density at radius 3 is 2.53 bits per heavy atom. The van der Waals surface area contributed by atoms with E-state index < -0.39 is 11.9 Å². The highest BCUT2D eigenvalue weighted by molar-refractivity contribution is 5.75. The molecular weight excluding hydrogens is 259 g/mol. The summed E-state index contributed by atoms with van der Waals surface area (Å²) in [6.07, 6.45) is -1.41. The van der Waals surface area contributed by atoms with E-state index in [-0.39, 0.29) is 12.5 Å². The fourth-order valence-corrected chi connectivity index (χ4v) is 1.64. The van der Waals surface area contributed by atoms with Gasteiger partial charge >= 0.3 is 6.18 Å². The molecule has 1 aromatic heterocycles. The molecule has 1 aromatic rings. The lowest BCUT2D eigenvalue weighted by Crippen LogP contribution is -2.32. The van der Waals surface area contributed by atoms with Crippen LogP contribution in [0.3, 0.4) is 0 Å². The number of carbonyl (C=O) groups is 1. The molecule has 0 aliphatic rings. The highest BCUT2D eigenvalue weighted by atomic mass is 19.4. The van der Waals surface area contributed by atoms with E-state index in [4.69, 9.17) is 0 Å². The quantitative estimate of drug-likeness (QED) is 0.868. The largest absolute Gasteiger partial charge is 0.435 e. The van der Waals surface area contributed by atoms with Gasteiger partial charge in [0.05, 0.1) is 0 Å². The van der Waals surface area contributed by atoms with Crippen LogP contribution < -0.4 is 5.32 Å². The van der Waals surface area contributed by atoms with Gasteiger partial charge in [-0.25, -0.2) is 0 Å². The fourth-order valence-electron chi connectivity index (χ4n) is 1.64. The number of amides is 1. The molecule has 7 heteroatoms. The summed E-state index contributed by atoms with van der Waals surface area (Å²) in [5.41, 5.74) is -0.986. The van der Waals surface area contributed by atoms with Gasteiger partial charge in [0.1, 0.15) is 6.54 Å². The van der Waals surface area contributed by atoms with Crippen LogP contribution >= 0.6 is 0 Å². The van der Waals surface area contributed by atoms with Crippen LogP contribution in [0.25, 0.3) is 0 Å². The van der Waals surface area contributed by atoms with Gasteiger partial charge in [-0.3, -0.25) is 9.48 Å². The smallest absolute Gasteiger partial charge is 0.354 e. The van der Waals surface area contributed by atoms with Crippen LogP contribution in [-0.2, 0) is 17.5 Å². The molecule has 1 heterocycles. The number of nitrogens with zero attached hydrogens (tertiary/aromatic N) is 2. The monoisotopic (exact) mass is 277 g/mol. The topological polar surface area (TPSA) is 46.9 Å². The lowest BCUT2D eigenvalue weighted by molar-refractivity contribution is -0.141. The number of hydrogen-bond acceptors (Lipinski definition) is 2. The van der Waals surface area contributed by atoms with Crippen LogP contribution in [0.2, 0.25) is 0 Å². The molecule has 4 nitrogen and oxygen atoms in total. The Morgan fingerprint density at radius 2 is 2.05 bits per heavy atom. The Balaban J connectivity index is 2.47. The zero-order chi connectivity index (χ0) is 14.5. The average molecular weight is 277 g/mol. The Hall–Kier alpha value is -1.53. The SMILES string of the molecule is CCC(CC)CNC(=O)Cn1ccc(C(F)(F)F)n1. The van der Waals surface area contributed by atoms with E-state index in [1.807, 2.05) is 13.8 Å². The summed E-state index contributed by atoms with van der Waals surface area (Å²) < 4.78 is 37.9. The molecule has 1 N–H and O–H groups in total. The number of aromatic nitrogens is 2. The molecular formula is C12H18F3N3O. The maximum atomic E-state index is 12.3. The standard InChI is InChI=1S/C12H18F3N3O/c1-3-9(4-2)7-16-11(19)8-18-6-5-10(17-18)12(13,14)15/h5-6,9H,3-4,7-8H2,1-2H3,(H,16,19). The molecule has 0 aromatic carbocycles. The third kappa shape index (κ3) is 4.92. The van der Waals surface area contributed by atoms with Gasteiger partial charge in [0.2, 0.25) is 5.91 Å². The van der Waals surface area contributed by atoms with E-state index in [0.717, 1.165) is 29.8 Å². The van der Waals surface area contributed by atoms with Crippen LogP contribution in [-0.4, -0.2) is 22.2 Å². The van der Waals surface area contributed by atoms with Crippen molar-refractivity contribution in [2.45, 2.75) is 39.4 Å². The van der Waals surface area contributed by atoms with Gasteiger partial charge in [-0.1, -0.05) is 26.7 Å². The maximum absolute atomic E-state index is 12.3. The van der Waals surface area contributed by atoms with Crippen molar-refractivity contribution in [3.63, 3.8) is 0 Å². The first-order chi connectivity index (χ1) is 8.86. The molecule has 1 amide bonds. The van der Waals surface area contributed by atoms with Crippen molar-refractivity contribution in [1.82, 2.24) is 15.1 Å². The highest BCUT2D eigenvalue weighted by Crippen LogP contribution is 2.27. The Morgan fingerprint density at radius 1 is 1.42 bits per heavy atom. The van der Waals surface area contributed by atoms with Gasteiger partial charge in [-0.2, -0.15) is 18.3 Å². The van der Waals surface area contributed by atoms with Crippen LogP contribution in [0.4, 0.5) is 13.2 Å². The molecule has 108 valence electrons. The second kappa shape index (κ2) is 6.58. The van der Waals surface area contributed by atoms with Gasteiger partial charge in [0.25, 0.3) is 0 Å². The Bertz CT molecular complexity index is 411. The minimum absolute atomic E-state index is 0.198. The zero-order valence-electron chi connectivity index (χ0n) is 11.0. The highest BCUT2D eigenvalue weighted by Gasteiger charge is 2.33. The van der Waals surface area contributed by atoms with E-state index in [1.165, 1.54) is 0 Å². The van der Waals surface area contributed by atoms with E-state index >= 15 is 0 Å². The summed E-state index contributed by atoms with van der Waals surface area (Å²) in [6, 6.07) is 0.855. The number of rotatable bonds is 6. The number of carbonyl (C=O) groups excluding carboxylic acids is 1. The number of halogens is 3. The van der Waals surface area contributed by atoms with Crippen molar-refractivity contribution in [3.8, 4) is 0 Å². The molecule has 1 rings (SSSR count). The molecule has 0 unspecified atom stereocenters. The van der Waals surface area contributed by atoms with E-state index in [1.54, 1.807) is 0 Å². The predicted octanol–water partition coefficient (Wildman–Crippen LogP) is 2.45. The van der Waals surface area contributed by atoms with Gasteiger partial charge in [-0.15, -0.1) is 0 Å². The number of nitrogens with one attached hydrogen (secondary N) is 1. The lowest BCUT2D eigenvalue weighted by Gasteiger charge is -2.13. The van der Waals surface area contributed by atoms with Crippen LogP contribution in [0, 0.1) is 5.92 Å². The van der Waals surface area contributed by atoms with Gasteiger partial charge in [-0.05, 0) is 12.0 Å².